The Kier molecular flexibility index (Phi) is 5.40. The van der Waals surface area contributed by atoms with Crippen molar-refractivity contribution in [2.24, 2.45) is 0 Å². The van der Waals surface area contributed by atoms with Crippen molar-refractivity contribution >= 4 is 11.3 Å². The number of nitrogens with two attached hydrogens (primary N) is 1. The second-order valence-corrected chi connectivity index (χ2v) is 6.21. The molecule has 2 N–H and O–H groups in total. The van der Waals surface area contributed by atoms with Gasteiger partial charge in [0.2, 0.25) is 0 Å². The highest BCUT2D eigenvalue weighted by Gasteiger charge is 2.17. The van der Waals surface area contributed by atoms with Crippen LogP contribution in [0.2, 0.25) is 0 Å². The van der Waals surface area contributed by atoms with Crippen molar-refractivity contribution in [1.29, 1.82) is 0 Å². The lowest BCUT2D eigenvalue weighted by Gasteiger charge is -2.24. The van der Waals surface area contributed by atoms with Gasteiger partial charge in [-0.3, -0.25) is 0 Å². The van der Waals surface area contributed by atoms with Crippen LogP contribution in [0.4, 0.5) is 5.69 Å². The monoisotopic (exact) mass is 295 g/mol. The summed E-state index contributed by atoms with van der Waals surface area (Å²) in [6.07, 6.45) is 3.05. The fourth-order valence-electron chi connectivity index (χ4n) is 2.28. The summed E-state index contributed by atoms with van der Waals surface area (Å²) in [4.78, 5) is 0. The summed E-state index contributed by atoms with van der Waals surface area (Å²) in [6.45, 7) is 6.97. The van der Waals surface area contributed by atoms with Gasteiger partial charge in [0.05, 0.1) is 12.2 Å². The number of anilines is 1. The van der Waals surface area contributed by atoms with Crippen molar-refractivity contribution in [1.82, 2.24) is 0 Å². The maximum atomic E-state index is 6.06. The highest BCUT2D eigenvalue weighted by molar-refractivity contribution is 5.73. The van der Waals surface area contributed by atoms with Gasteiger partial charge < -0.3 is 10.5 Å². The van der Waals surface area contributed by atoms with Crippen molar-refractivity contribution in [3.63, 3.8) is 0 Å². The van der Waals surface area contributed by atoms with E-state index in [9.17, 15) is 0 Å². The first kappa shape index (κ1) is 16.3. The van der Waals surface area contributed by atoms with Gasteiger partial charge in [-0.1, -0.05) is 54.6 Å². The molecule has 22 heavy (non-hydrogen) atoms. The van der Waals surface area contributed by atoms with E-state index in [4.69, 9.17) is 10.5 Å². The van der Waals surface area contributed by atoms with Crippen LogP contribution in [-0.4, -0.2) is 5.60 Å². The summed E-state index contributed by atoms with van der Waals surface area (Å²) >= 11 is 0. The van der Waals surface area contributed by atoms with E-state index in [0.29, 0.717) is 6.61 Å². The summed E-state index contributed by atoms with van der Waals surface area (Å²) < 4.78 is 6.06. The highest BCUT2D eigenvalue weighted by Crippen LogP contribution is 2.24. The van der Waals surface area contributed by atoms with Gasteiger partial charge in [-0.05, 0) is 50.0 Å². The van der Waals surface area contributed by atoms with E-state index in [1.165, 1.54) is 11.1 Å². The third kappa shape index (κ3) is 4.74. The average molecular weight is 295 g/mol. The molecule has 0 aliphatic carbocycles. The molecule has 0 unspecified atom stereocenters. The molecule has 0 aliphatic heterocycles. The molecule has 0 atom stereocenters. The van der Waals surface area contributed by atoms with E-state index < -0.39 is 0 Å². The van der Waals surface area contributed by atoms with E-state index >= 15 is 0 Å². The summed E-state index contributed by atoms with van der Waals surface area (Å²) in [5.41, 5.74) is 10.1. The number of rotatable bonds is 6. The number of hydrogen-bond donors (Lipinski definition) is 1. The molecule has 0 aliphatic rings. The van der Waals surface area contributed by atoms with Gasteiger partial charge in [-0.2, -0.15) is 0 Å². The lowest BCUT2D eigenvalue weighted by atomic mass is 9.99. The third-order valence-electron chi connectivity index (χ3n) is 3.76. The molecule has 2 aromatic carbocycles. The molecular formula is C20H25NO. The minimum absolute atomic E-state index is 0.208. The van der Waals surface area contributed by atoms with Gasteiger partial charge in [-0.15, -0.1) is 0 Å². The second-order valence-electron chi connectivity index (χ2n) is 6.21. The molecule has 2 heteroatoms. The largest absolute Gasteiger partial charge is 0.398 e. The number of allylic oxidation sites excluding steroid dienone is 1. The van der Waals surface area contributed by atoms with Gasteiger partial charge in [-0.25, -0.2) is 0 Å². The first-order valence-corrected chi connectivity index (χ1v) is 7.67. The number of benzene rings is 2. The van der Waals surface area contributed by atoms with Gasteiger partial charge in [0.25, 0.3) is 0 Å². The molecule has 0 saturated heterocycles. The van der Waals surface area contributed by atoms with Crippen molar-refractivity contribution in [3.05, 3.63) is 71.8 Å². The molecule has 0 radical (unpaired) electrons. The Morgan fingerprint density at radius 2 is 1.68 bits per heavy atom. The van der Waals surface area contributed by atoms with E-state index in [-0.39, 0.29) is 5.60 Å². The molecule has 0 spiro atoms. The molecular weight excluding hydrogens is 270 g/mol. The maximum Gasteiger partial charge on any atom is 0.0724 e. The summed E-state index contributed by atoms with van der Waals surface area (Å²) in [7, 11) is 0. The predicted molar refractivity (Wildman–Crippen MR) is 94.4 cm³/mol. The number of ether oxygens (including phenoxy) is 1. The molecule has 116 valence electrons. The van der Waals surface area contributed by atoms with Crippen molar-refractivity contribution < 1.29 is 4.74 Å². The Morgan fingerprint density at radius 1 is 1.05 bits per heavy atom. The summed E-state index contributed by atoms with van der Waals surface area (Å²) in [6, 6.07) is 18.2. The van der Waals surface area contributed by atoms with Crippen LogP contribution in [0.15, 0.2) is 60.7 Å². The Morgan fingerprint density at radius 3 is 2.36 bits per heavy atom. The van der Waals surface area contributed by atoms with Crippen LogP contribution < -0.4 is 5.73 Å². The van der Waals surface area contributed by atoms with Crippen LogP contribution in [0.5, 0.6) is 0 Å². The van der Waals surface area contributed by atoms with E-state index in [0.717, 1.165) is 17.7 Å². The molecule has 0 saturated carbocycles. The van der Waals surface area contributed by atoms with Crippen LogP contribution in [0.1, 0.15) is 38.3 Å². The van der Waals surface area contributed by atoms with Gasteiger partial charge in [0.1, 0.15) is 0 Å². The zero-order valence-corrected chi connectivity index (χ0v) is 13.7. The highest BCUT2D eigenvalue weighted by atomic mass is 16.5. The van der Waals surface area contributed by atoms with E-state index in [1.807, 2.05) is 36.4 Å². The minimum Gasteiger partial charge on any atom is -0.398 e. The van der Waals surface area contributed by atoms with Crippen LogP contribution in [0.25, 0.3) is 5.57 Å². The van der Waals surface area contributed by atoms with E-state index in [2.05, 4.69) is 45.0 Å². The topological polar surface area (TPSA) is 35.2 Å². The lowest BCUT2D eigenvalue weighted by Crippen LogP contribution is -2.23. The molecule has 0 fully saturated rings. The normalized spacial score (nSPS) is 12.4. The first-order chi connectivity index (χ1) is 10.5. The number of hydrogen-bond acceptors (Lipinski definition) is 2. The fraction of sp³-hybridized carbons (Fsp3) is 0.300. The summed E-state index contributed by atoms with van der Waals surface area (Å²) in [5, 5.41) is 0. The van der Waals surface area contributed by atoms with Gasteiger partial charge >= 0.3 is 0 Å². The van der Waals surface area contributed by atoms with E-state index in [1.54, 1.807) is 0 Å². The van der Waals surface area contributed by atoms with Crippen LogP contribution >= 0.6 is 0 Å². The Balaban J connectivity index is 1.96. The SMILES string of the molecule is C/C(=C\CC(C)(C)OCc1ccccc1)c1ccccc1N. The zero-order valence-electron chi connectivity index (χ0n) is 13.7. The van der Waals surface area contributed by atoms with Crippen molar-refractivity contribution in [2.75, 3.05) is 5.73 Å². The minimum atomic E-state index is -0.208. The molecule has 0 heterocycles. The van der Waals surface area contributed by atoms with Crippen molar-refractivity contribution in [3.8, 4) is 0 Å². The second kappa shape index (κ2) is 7.28. The van der Waals surface area contributed by atoms with Gasteiger partial charge in [0.15, 0.2) is 0 Å². The quantitative estimate of drug-likeness (QED) is 0.756. The number of nitrogen functional groups attached to an aromatic ring is 1. The molecule has 0 amide bonds. The first-order valence-electron chi connectivity index (χ1n) is 7.67. The molecule has 2 aromatic rings. The zero-order chi connectivity index (χ0) is 16.0. The Bertz CT molecular complexity index is 629. The van der Waals surface area contributed by atoms with Crippen molar-refractivity contribution in [2.45, 2.75) is 39.4 Å². The Hall–Kier alpha value is -2.06. The molecule has 2 nitrogen and oxygen atoms in total. The molecule has 0 aromatic heterocycles. The predicted octanol–water partition coefficient (Wildman–Crippen LogP) is 5.06. The standard InChI is InChI=1S/C20H25NO/c1-16(18-11-7-8-12-19(18)21)13-14-20(2,3)22-15-17-9-5-4-6-10-17/h4-13H,14-15,21H2,1-3H3/b16-13+. The number of para-hydroxylation sites is 1. The fourth-order valence-corrected chi connectivity index (χ4v) is 2.28. The maximum absolute atomic E-state index is 6.06. The Labute approximate surface area is 133 Å². The van der Waals surface area contributed by atoms with Crippen LogP contribution in [0, 0.1) is 0 Å². The van der Waals surface area contributed by atoms with Gasteiger partial charge in [0, 0.05) is 5.69 Å². The molecule has 0 bridgehead atoms. The molecule has 2 rings (SSSR count). The van der Waals surface area contributed by atoms with Crippen LogP contribution in [0.3, 0.4) is 0 Å². The van der Waals surface area contributed by atoms with Crippen LogP contribution in [-0.2, 0) is 11.3 Å². The third-order valence-corrected chi connectivity index (χ3v) is 3.76. The average Bonchev–Trinajstić information content (AvgIpc) is 2.52. The lowest BCUT2D eigenvalue weighted by molar-refractivity contribution is -0.0267. The summed E-state index contributed by atoms with van der Waals surface area (Å²) in [5.74, 6) is 0. The smallest absolute Gasteiger partial charge is 0.0724 e.